The Kier molecular flexibility index (Phi) is 2.04. The fourth-order valence-electron chi connectivity index (χ4n) is 1.24. The molecule has 0 saturated carbocycles. The first-order chi connectivity index (χ1) is 5.92. The van der Waals surface area contributed by atoms with Gasteiger partial charge >= 0.3 is 0 Å². The summed E-state index contributed by atoms with van der Waals surface area (Å²) >= 11 is 1.72. The molecular weight excluding hydrogens is 172 g/mol. The van der Waals surface area contributed by atoms with Crippen molar-refractivity contribution in [2.24, 2.45) is 0 Å². The molecule has 1 unspecified atom stereocenters. The summed E-state index contributed by atoms with van der Waals surface area (Å²) in [6, 6.07) is 3.75. The Morgan fingerprint density at radius 3 is 3.25 bits per heavy atom. The molecule has 1 aliphatic heterocycles. The molecule has 1 aliphatic rings. The number of rotatable bonds is 2. The van der Waals surface area contributed by atoms with Crippen LogP contribution in [0.3, 0.4) is 0 Å². The summed E-state index contributed by atoms with van der Waals surface area (Å²) in [6.07, 6.45) is 4.49. The van der Waals surface area contributed by atoms with Gasteiger partial charge in [-0.05, 0) is 12.1 Å². The summed E-state index contributed by atoms with van der Waals surface area (Å²) < 4.78 is 5.23. The maximum Gasteiger partial charge on any atom is 0.147 e. The number of thioether (sulfide) groups is 1. The average Bonchev–Trinajstić information content (AvgIpc) is 2.74. The van der Waals surface area contributed by atoms with Crippen LogP contribution < -0.4 is 0 Å². The van der Waals surface area contributed by atoms with Gasteiger partial charge in [0.2, 0.25) is 0 Å². The van der Waals surface area contributed by atoms with Crippen LogP contribution in [-0.4, -0.2) is 12.0 Å². The normalized spacial score (nSPS) is 22.3. The van der Waals surface area contributed by atoms with Crippen molar-refractivity contribution in [2.45, 2.75) is 5.25 Å². The molecule has 2 rings (SSSR count). The van der Waals surface area contributed by atoms with Crippen LogP contribution in [-0.2, 0) is 4.79 Å². The lowest BCUT2D eigenvalue weighted by atomic mass is 10.1. The Balaban J connectivity index is 2.26. The van der Waals surface area contributed by atoms with Crippen molar-refractivity contribution in [1.29, 1.82) is 0 Å². The summed E-state index contributed by atoms with van der Waals surface area (Å²) in [7, 11) is 0. The van der Waals surface area contributed by atoms with Crippen LogP contribution in [0.5, 0.6) is 0 Å². The minimum absolute atomic E-state index is 0.123. The van der Waals surface area contributed by atoms with Crippen LogP contribution in [0.25, 0.3) is 0 Å². The molecule has 0 bridgehead atoms. The molecule has 0 fully saturated rings. The van der Waals surface area contributed by atoms with Crippen molar-refractivity contribution in [3.63, 3.8) is 0 Å². The standard InChI is InChI=1S/C9H8O2S/c10-6-7-3-5-12-9(7)8-2-1-4-11-8/h1-4,6,9H,5H2. The summed E-state index contributed by atoms with van der Waals surface area (Å²) in [5, 5.41) is 0.123. The Morgan fingerprint density at radius 1 is 1.67 bits per heavy atom. The zero-order valence-corrected chi connectivity index (χ0v) is 7.21. The SMILES string of the molecule is O=CC1=CCSC1c1ccco1. The Labute approximate surface area is 74.6 Å². The lowest BCUT2D eigenvalue weighted by Crippen LogP contribution is -1.92. The quantitative estimate of drug-likeness (QED) is 0.653. The summed E-state index contributed by atoms with van der Waals surface area (Å²) in [4.78, 5) is 10.6. The van der Waals surface area contributed by atoms with E-state index in [9.17, 15) is 4.79 Å². The van der Waals surface area contributed by atoms with Crippen molar-refractivity contribution >= 4 is 18.0 Å². The maximum atomic E-state index is 10.6. The van der Waals surface area contributed by atoms with Crippen LogP contribution >= 0.6 is 11.8 Å². The molecule has 2 nitrogen and oxygen atoms in total. The highest BCUT2D eigenvalue weighted by atomic mass is 32.2. The molecule has 0 aromatic carbocycles. The third-order valence-corrected chi connectivity index (χ3v) is 3.02. The third kappa shape index (κ3) is 1.20. The Hall–Kier alpha value is -0.960. The second-order valence-electron chi connectivity index (χ2n) is 2.55. The summed E-state index contributed by atoms with van der Waals surface area (Å²) in [5.41, 5.74) is 0.829. The first-order valence-corrected chi connectivity index (χ1v) is 4.77. The van der Waals surface area contributed by atoms with E-state index in [1.165, 1.54) is 0 Å². The fourth-order valence-corrected chi connectivity index (χ4v) is 2.36. The van der Waals surface area contributed by atoms with E-state index in [0.29, 0.717) is 0 Å². The molecule has 1 aromatic heterocycles. The van der Waals surface area contributed by atoms with Crippen LogP contribution in [0.2, 0.25) is 0 Å². The van der Waals surface area contributed by atoms with Crippen molar-refractivity contribution in [3.05, 3.63) is 35.8 Å². The van der Waals surface area contributed by atoms with Gasteiger partial charge in [-0.25, -0.2) is 0 Å². The van der Waals surface area contributed by atoms with E-state index in [1.54, 1.807) is 18.0 Å². The van der Waals surface area contributed by atoms with Gasteiger partial charge in [-0.1, -0.05) is 6.08 Å². The smallest absolute Gasteiger partial charge is 0.147 e. The predicted molar refractivity (Wildman–Crippen MR) is 48.1 cm³/mol. The molecule has 0 aliphatic carbocycles. The number of hydrogen-bond donors (Lipinski definition) is 0. The molecule has 2 heterocycles. The van der Waals surface area contributed by atoms with Gasteiger partial charge in [0.15, 0.2) is 0 Å². The molecule has 1 atom stereocenters. The molecule has 0 N–H and O–H groups in total. The van der Waals surface area contributed by atoms with Gasteiger partial charge in [0, 0.05) is 11.3 Å². The number of carbonyl (C=O) groups is 1. The van der Waals surface area contributed by atoms with Gasteiger partial charge in [-0.15, -0.1) is 11.8 Å². The van der Waals surface area contributed by atoms with Gasteiger partial charge in [-0.2, -0.15) is 0 Å². The average molecular weight is 180 g/mol. The highest BCUT2D eigenvalue weighted by Gasteiger charge is 2.23. The molecule has 0 amide bonds. The minimum atomic E-state index is 0.123. The summed E-state index contributed by atoms with van der Waals surface area (Å²) in [6.45, 7) is 0. The molecule has 12 heavy (non-hydrogen) atoms. The molecule has 1 aromatic rings. The van der Waals surface area contributed by atoms with E-state index >= 15 is 0 Å². The van der Waals surface area contributed by atoms with E-state index < -0.39 is 0 Å². The lowest BCUT2D eigenvalue weighted by Gasteiger charge is -2.05. The van der Waals surface area contributed by atoms with Gasteiger partial charge < -0.3 is 4.42 Å². The lowest BCUT2D eigenvalue weighted by molar-refractivity contribution is -0.105. The van der Waals surface area contributed by atoms with Crippen LogP contribution in [0.1, 0.15) is 11.0 Å². The summed E-state index contributed by atoms with van der Waals surface area (Å²) in [5.74, 6) is 1.77. The zero-order valence-electron chi connectivity index (χ0n) is 6.40. The highest BCUT2D eigenvalue weighted by molar-refractivity contribution is 8.00. The second kappa shape index (κ2) is 3.19. The Bertz CT molecular complexity index is 300. The topological polar surface area (TPSA) is 30.2 Å². The second-order valence-corrected chi connectivity index (χ2v) is 3.69. The third-order valence-electron chi connectivity index (χ3n) is 1.82. The van der Waals surface area contributed by atoms with E-state index in [1.807, 2.05) is 18.2 Å². The van der Waals surface area contributed by atoms with Crippen LogP contribution in [0, 0.1) is 0 Å². The van der Waals surface area contributed by atoms with Crippen molar-refractivity contribution in [3.8, 4) is 0 Å². The first-order valence-electron chi connectivity index (χ1n) is 3.72. The van der Waals surface area contributed by atoms with E-state index in [-0.39, 0.29) is 5.25 Å². The van der Waals surface area contributed by atoms with E-state index in [4.69, 9.17) is 4.42 Å². The van der Waals surface area contributed by atoms with Gasteiger partial charge in [0.05, 0.1) is 11.5 Å². The largest absolute Gasteiger partial charge is 0.468 e. The molecule has 0 spiro atoms. The number of hydrogen-bond acceptors (Lipinski definition) is 3. The zero-order chi connectivity index (χ0) is 8.39. The van der Waals surface area contributed by atoms with E-state index in [0.717, 1.165) is 23.4 Å². The minimum Gasteiger partial charge on any atom is -0.468 e. The van der Waals surface area contributed by atoms with E-state index in [2.05, 4.69) is 0 Å². The molecule has 0 saturated heterocycles. The predicted octanol–water partition coefficient (Wildman–Crippen LogP) is 2.19. The van der Waals surface area contributed by atoms with Crippen molar-refractivity contribution in [1.82, 2.24) is 0 Å². The first kappa shape index (κ1) is 7.68. The van der Waals surface area contributed by atoms with Gasteiger partial charge in [0.1, 0.15) is 12.0 Å². The highest BCUT2D eigenvalue weighted by Crippen LogP contribution is 2.39. The number of aldehydes is 1. The van der Waals surface area contributed by atoms with Gasteiger partial charge in [-0.3, -0.25) is 4.79 Å². The molecular formula is C9H8O2S. The molecule has 3 heteroatoms. The number of furan rings is 1. The van der Waals surface area contributed by atoms with Gasteiger partial charge in [0.25, 0.3) is 0 Å². The maximum absolute atomic E-state index is 10.6. The van der Waals surface area contributed by atoms with Crippen LogP contribution in [0.15, 0.2) is 34.5 Å². The fraction of sp³-hybridized carbons (Fsp3) is 0.222. The number of carbonyl (C=O) groups excluding carboxylic acids is 1. The van der Waals surface area contributed by atoms with Crippen molar-refractivity contribution in [2.75, 3.05) is 5.75 Å². The monoisotopic (exact) mass is 180 g/mol. The Morgan fingerprint density at radius 2 is 2.58 bits per heavy atom. The molecule has 0 radical (unpaired) electrons. The van der Waals surface area contributed by atoms with Crippen LogP contribution in [0.4, 0.5) is 0 Å². The van der Waals surface area contributed by atoms with Crippen molar-refractivity contribution < 1.29 is 9.21 Å². The molecule has 62 valence electrons.